The van der Waals surface area contributed by atoms with Crippen molar-refractivity contribution < 1.29 is 27.6 Å². The second-order valence-corrected chi connectivity index (χ2v) is 7.59. The summed E-state index contributed by atoms with van der Waals surface area (Å²) < 4.78 is 59.1. The van der Waals surface area contributed by atoms with Crippen molar-refractivity contribution in [2.75, 3.05) is 32.8 Å². The topological polar surface area (TPSA) is 71.0 Å². The number of unbranched alkanes of at least 4 members (excludes halogenated alkanes) is 4. The first-order valence-electron chi connectivity index (χ1n) is 13.6. The molecule has 2 atom stereocenters. The highest BCUT2D eigenvalue weighted by Gasteiger charge is 2.27. The Balaban J connectivity index is 1.84. The first-order chi connectivity index (χ1) is 16.3. The second-order valence-electron chi connectivity index (χ2n) is 7.59. The van der Waals surface area contributed by atoms with Gasteiger partial charge in [-0.15, -0.1) is 0 Å². The van der Waals surface area contributed by atoms with Gasteiger partial charge in [0.05, 0.1) is 14.2 Å². The molecular weight excluding hydrogens is 368 g/mol. The van der Waals surface area contributed by atoms with Crippen LogP contribution in [0.4, 0.5) is 0 Å². The number of nitrogens with one attached hydrogen (secondary N) is 1. The van der Waals surface area contributed by atoms with Crippen LogP contribution in [0.5, 0.6) is 11.5 Å². The van der Waals surface area contributed by atoms with Crippen molar-refractivity contribution in [2.24, 2.45) is 0 Å². The van der Waals surface area contributed by atoms with Crippen molar-refractivity contribution in [1.82, 2.24) is 10.2 Å². The number of likely N-dealkylation sites (tertiary alicyclic amines) is 1. The van der Waals surface area contributed by atoms with E-state index in [4.69, 9.17) is 17.7 Å². The zero-order valence-electron chi connectivity index (χ0n) is 23.1. The molecule has 2 N–H and O–H groups in total. The molecule has 0 saturated carbocycles. The number of carbonyl (C=O) groups is 1. The Hall–Kier alpha value is -1.79. The van der Waals surface area contributed by atoms with Crippen LogP contribution in [0.15, 0.2) is 18.2 Å². The van der Waals surface area contributed by atoms with E-state index in [-0.39, 0.29) is 30.0 Å². The van der Waals surface area contributed by atoms with Gasteiger partial charge in [-0.2, -0.15) is 0 Å². The molecule has 2 aliphatic heterocycles. The highest BCUT2D eigenvalue weighted by molar-refractivity contribution is 5.76. The first kappa shape index (κ1) is 15.1. The molecule has 0 aromatic heterocycles. The van der Waals surface area contributed by atoms with Crippen LogP contribution >= 0.6 is 0 Å². The van der Waals surface area contributed by atoms with Crippen molar-refractivity contribution in [2.45, 2.75) is 70.4 Å². The fraction of sp³-hybridized carbons (Fsp3) is 0.696. The van der Waals surface area contributed by atoms with Crippen molar-refractivity contribution >= 4 is 5.91 Å². The number of aliphatic hydroxyl groups is 1. The van der Waals surface area contributed by atoms with Crippen LogP contribution in [0.2, 0.25) is 0 Å². The summed E-state index contributed by atoms with van der Waals surface area (Å²) in [7, 11) is 0. The van der Waals surface area contributed by atoms with E-state index < -0.39 is 31.1 Å². The maximum absolute atomic E-state index is 12.8. The maximum Gasteiger partial charge on any atom is 0.220 e. The minimum absolute atomic E-state index is 0.0631. The highest BCUT2D eigenvalue weighted by Crippen LogP contribution is 2.33. The van der Waals surface area contributed by atoms with E-state index >= 15 is 0 Å². The monoisotopic (exact) mass is 410 g/mol. The van der Waals surface area contributed by atoms with Crippen LogP contribution in [-0.4, -0.2) is 54.7 Å². The predicted octanol–water partition coefficient (Wildman–Crippen LogP) is 3.43. The van der Waals surface area contributed by atoms with E-state index in [1.807, 2.05) is 4.90 Å². The molecule has 1 fully saturated rings. The molecular formula is C23H36N2O4. The lowest BCUT2D eigenvalue weighted by Gasteiger charge is -2.29. The summed E-state index contributed by atoms with van der Waals surface area (Å²) >= 11 is 0. The Bertz CT molecular complexity index is 895. The maximum atomic E-state index is 12.8. The number of hydrogen-bond acceptors (Lipinski definition) is 5. The molecule has 3 rings (SSSR count). The Morgan fingerprint density at radius 2 is 1.93 bits per heavy atom. The average molecular weight is 411 g/mol. The average Bonchev–Trinajstić information content (AvgIpc) is 3.26. The third-order valence-corrected chi connectivity index (χ3v) is 5.24. The van der Waals surface area contributed by atoms with E-state index in [1.54, 1.807) is 0 Å². The Morgan fingerprint density at radius 1 is 1.21 bits per heavy atom. The highest BCUT2D eigenvalue weighted by atomic mass is 16.6. The molecule has 1 aromatic carbocycles. The minimum atomic E-state index is -2.81. The third-order valence-electron chi connectivity index (χ3n) is 5.24. The number of carbonyl (C=O) groups excluding carboxylic acids is 1. The summed E-state index contributed by atoms with van der Waals surface area (Å²) in [5.74, 6) is -0.696. The van der Waals surface area contributed by atoms with Crippen molar-refractivity contribution in [1.29, 1.82) is 0 Å². The van der Waals surface area contributed by atoms with Crippen LogP contribution in [-0.2, 0) is 4.79 Å². The Morgan fingerprint density at radius 3 is 2.69 bits per heavy atom. The number of hydrogen-bond donors (Lipinski definition) is 2. The van der Waals surface area contributed by atoms with Gasteiger partial charge in [0.2, 0.25) is 5.91 Å². The number of ether oxygens (including phenoxy) is 2. The normalized spacial score (nSPS) is 27.1. The first-order valence-corrected chi connectivity index (χ1v) is 10.6. The molecule has 6 heteroatoms. The molecule has 0 spiro atoms. The van der Waals surface area contributed by atoms with Crippen LogP contribution in [0.1, 0.15) is 78.2 Å². The van der Waals surface area contributed by atoms with Crippen molar-refractivity contribution in [3.63, 3.8) is 0 Å². The number of nitrogens with zero attached hydrogens (tertiary/aromatic N) is 1. The number of rotatable bonds is 11. The van der Waals surface area contributed by atoms with Gasteiger partial charge in [0.15, 0.2) is 11.5 Å². The standard InChI is InChI=1S/C23H36N2O4/c1-2-3-4-5-6-9-22(26)24-19(17-25-12-7-8-13-25)23(27)18-10-11-20-21(16-18)29-15-14-28-20/h10-11,16,19,23,27H,2-9,12-15,17H2,1H3,(H,24,26)/t19-,23-/m1/s1/i14D2,15D2,19D,23D. The van der Waals surface area contributed by atoms with Crippen LogP contribution in [0.25, 0.3) is 0 Å². The van der Waals surface area contributed by atoms with Gasteiger partial charge in [0.1, 0.15) is 19.2 Å². The lowest BCUT2D eigenvalue weighted by Crippen LogP contribution is -2.46. The van der Waals surface area contributed by atoms with Crippen LogP contribution in [0, 0.1) is 0 Å². The summed E-state index contributed by atoms with van der Waals surface area (Å²) in [6, 6.07) is 1.62. The smallest absolute Gasteiger partial charge is 0.220 e. The van der Waals surface area contributed by atoms with Gasteiger partial charge in [-0.05, 0) is 50.0 Å². The molecule has 0 bridgehead atoms. The summed E-state index contributed by atoms with van der Waals surface area (Å²) in [5, 5.41) is 14.0. The molecule has 1 amide bonds. The van der Waals surface area contributed by atoms with Gasteiger partial charge >= 0.3 is 0 Å². The predicted molar refractivity (Wildman–Crippen MR) is 113 cm³/mol. The summed E-state index contributed by atoms with van der Waals surface area (Å²) in [4.78, 5) is 14.7. The minimum Gasteiger partial charge on any atom is -0.486 e. The molecule has 1 saturated heterocycles. The van der Waals surface area contributed by atoms with Crippen molar-refractivity contribution in [3.05, 3.63) is 23.8 Å². The Kier molecular flexibility index (Phi) is 5.93. The largest absolute Gasteiger partial charge is 0.486 e. The Labute approximate surface area is 183 Å². The quantitative estimate of drug-likeness (QED) is 0.547. The van der Waals surface area contributed by atoms with Gasteiger partial charge in [0.25, 0.3) is 0 Å². The van der Waals surface area contributed by atoms with Gasteiger partial charge in [-0.1, -0.05) is 38.7 Å². The number of benzene rings is 1. The van der Waals surface area contributed by atoms with E-state index in [0.29, 0.717) is 19.5 Å². The molecule has 162 valence electrons. The zero-order valence-corrected chi connectivity index (χ0v) is 17.1. The number of fused-ring (bicyclic) bond motifs is 1. The third kappa shape index (κ3) is 6.61. The summed E-state index contributed by atoms with van der Waals surface area (Å²) in [5.41, 5.74) is -0.101. The second kappa shape index (κ2) is 11.4. The summed E-state index contributed by atoms with van der Waals surface area (Å²) in [6.07, 6.45) is 4.18. The van der Waals surface area contributed by atoms with E-state index in [0.717, 1.165) is 38.5 Å². The van der Waals surface area contributed by atoms with Gasteiger partial charge in [-0.3, -0.25) is 4.79 Å². The van der Waals surface area contributed by atoms with Crippen molar-refractivity contribution in [3.8, 4) is 11.5 Å². The molecule has 0 aliphatic carbocycles. The molecule has 1 aromatic rings. The molecule has 0 radical (unpaired) electrons. The zero-order chi connectivity index (χ0) is 25.9. The molecule has 6 nitrogen and oxygen atoms in total. The van der Waals surface area contributed by atoms with Gasteiger partial charge in [0, 0.05) is 13.0 Å². The molecule has 2 aliphatic rings. The van der Waals surface area contributed by atoms with E-state index in [2.05, 4.69) is 12.2 Å². The lowest BCUT2D eigenvalue weighted by atomic mass is 10.0. The van der Waals surface area contributed by atoms with Crippen LogP contribution in [0.3, 0.4) is 0 Å². The molecule has 0 unspecified atom stereocenters. The SMILES string of the molecule is [2H]C1([2H])Oc2ccc([C@@]([2H])(O)[C@@]([2H])(CN3CCCC3)NC(=O)CCCCCCC)cc2OC1([2H])[2H]. The fourth-order valence-electron chi connectivity index (χ4n) is 3.60. The van der Waals surface area contributed by atoms with E-state index in [9.17, 15) is 9.90 Å². The van der Waals surface area contributed by atoms with Gasteiger partial charge in [-0.25, -0.2) is 0 Å². The fourth-order valence-corrected chi connectivity index (χ4v) is 3.60. The lowest BCUT2D eigenvalue weighted by molar-refractivity contribution is -0.123. The van der Waals surface area contributed by atoms with E-state index in [1.165, 1.54) is 18.2 Å². The molecule has 29 heavy (non-hydrogen) atoms. The van der Waals surface area contributed by atoms with Gasteiger partial charge < -0.3 is 24.8 Å². The van der Waals surface area contributed by atoms with Crippen LogP contribution < -0.4 is 14.8 Å². The molecule has 2 heterocycles. The summed E-state index contributed by atoms with van der Waals surface area (Å²) in [6.45, 7) is -2.11. The number of amides is 1.